The number of rotatable bonds is 2. The number of nitrogens with zero attached hydrogens (tertiary/aromatic N) is 2. The molecule has 0 unspecified atom stereocenters. The smallest absolute Gasteiger partial charge is 0.321 e. The third-order valence-corrected chi connectivity index (χ3v) is 5.41. The standard InChI is InChI=1S/C19H23N3O4/c23-17-15-7-6-13(20-19(25)21-8-10-26-11-9-21)12-16(15)18(24)22(17)14-4-2-1-3-5-14/h6-7,12,14H,1-5,8-11H2,(H,20,25). The van der Waals surface area contributed by atoms with Gasteiger partial charge in [-0.1, -0.05) is 19.3 Å². The van der Waals surface area contributed by atoms with Crippen molar-refractivity contribution in [3.63, 3.8) is 0 Å². The maximum Gasteiger partial charge on any atom is 0.321 e. The van der Waals surface area contributed by atoms with Gasteiger partial charge in [-0.15, -0.1) is 0 Å². The molecule has 1 saturated heterocycles. The van der Waals surface area contributed by atoms with Gasteiger partial charge in [0.15, 0.2) is 0 Å². The van der Waals surface area contributed by atoms with Gasteiger partial charge in [0, 0.05) is 24.8 Å². The first-order valence-electron chi connectivity index (χ1n) is 9.31. The number of imide groups is 1. The van der Waals surface area contributed by atoms with Gasteiger partial charge >= 0.3 is 6.03 Å². The SMILES string of the molecule is O=C(Nc1ccc2c(c1)C(=O)N(C1CCCCC1)C2=O)N1CCOCC1. The Hall–Kier alpha value is -2.41. The van der Waals surface area contributed by atoms with Crippen LogP contribution in [0.3, 0.4) is 0 Å². The Kier molecular flexibility index (Phi) is 4.63. The highest BCUT2D eigenvalue weighted by atomic mass is 16.5. The molecule has 0 bridgehead atoms. The van der Waals surface area contributed by atoms with Crippen molar-refractivity contribution in [2.45, 2.75) is 38.1 Å². The highest BCUT2D eigenvalue weighted by molar-refractivity contribution is 6.22. The minimum Gasteiger partial charge on any atom is -0.378 e. The lowest BCUT2D eigenvalue weighted by Gasteiger charge is -2.29. The molecular weight excluding hydrogens is 334 g/mol. The van der Waals surface area contributed by atoms with Crippen LogP contribution in [0.4, 0.5) is 10.5 Å². The van der Waals surface area contributed by atoms with Crippen LogP contribution in [0.25, 0.3) is 0 Å². The number of fused-ring (bicyclic) bond motifs is 1. The van der Waals surface area contributed by atoms with Gasteiger partial charge in [-0.3, -0.25) is 14.5 Å². The molecule has 4 rings (SSSR count). The average molecular weight is 357 g/mol. The third-order valence-electron chi connectivity index (χ3n) is 5.41. The van der Waals surface area contributed by atoms with Gasteiger partial charge in [0.1, 0.15) is 0 Å². The number of morpholine rings is 1. The molecule has 7 nitrogen and oxygen atoms in total. The van der Waals surface area contributed by atoms with E-state index in [4.69, 9.17) is 4.74 Å². The van der Waals surface area contributed by atoms with Gasteiger partial charge < -0.3 is 15.0 Å². The molecule has 138 valence electrons. The van der Waals surface area contributed by atoms with Crippen molar-refractivity contribution >= 4 is 23.5 Å². The van der Waals surface area contributed by atoms with E-state index in [1.807, 2.05) is 0 Å². The second-order valence-electron chi connectivity index (χ2n) is 7.06. The second kappa shape index (κ2) is 7.07. The number of carbonyl (C=O) groups is 3. The summed E-state index contributed by atoms with van der Waals surface area (Å²) < 4.78 is 5.25. The minimum absolute atomic E-state index is 0.00235. The van der Waals surface area contributed by atoms with E-state index in [9.17, 15) is 14.4 Å². The molecule has 0 spiro atoms. The molecule has 3 aliphatic rings. The van der Waals surface area contributed by atoms with Crippen LogP contribution in [0.1, 0.15) is 52.8 Å². The van der Waals surface area contributed by atoms with Gasteiger partial charge in [-0.05, 0) is 31.0 Å². The fourth-order valence-corrected chi connectivity index (χ4v) is 3.98. The van der Waals surface area contributed by atoms with Crippen molar-refractivity contribution in [1.82, 2.24) is 9.80 Å². The Balaban J connectivity index is 1.51. The van der Waals surface area contributed by atoms with Crippen LogP contribution in [0, 0.1) is 0 Å². The molecule has 1 N–H and O–H groups in total. The maximum absolute atomic E-state index is 12.8. The number of anilines is 1. The lowest BCUT2D eigenvalue weighted by atomic mass is 9.94. The Morgan fingerprint density at radius 2 is 1.69 bits per heavy atom. The van der Waals surface area contributed by atoms with Crippen molar-refractivity contribution < 1.29 is 19.1 Å². The van der Waals surface area contributed by atoms with Crippen molar-refractivity contribution in [2.24, 2.45) is 0 Å². The summed E-state index contributed by atoms with van der Waals surface area (Å²) in [5, 5.41) is 2.82. The minimum atomic E-state index is -0.237. The second-order valence-corrected chi connectivity index (χ2v) is 7.06. The summed E-state index contributed by atoms with van der Waals surface area (Å²) in [5.74, 6) is -0.442. The fraction of sp³-hybridized carbons (Fsp3) is 0.526. The molecule has 1 aromatic rings. The summed E-state index contributed by atoms with van der Waals surface area (Å²) >= 11 is 0. The number of nitrogens with one attached hydrogen (secondary N) is 1. The molecule has 0 radical (unpaired) electrons. The largest absolute Gasteiger partial charge is 0.378 e. The summed E-state index contributed by atoms with van der Waals surface area (Å²) in [6.07, 6.45) is 5.04. The van der Waals surface area contributed by atoms with Crippen LogP contribution >= 0.6 is 0 Å². The average Bonchev–Trinajstić information content (AvgIpc) is 2.93. The summed E-state index contributed by atoms with van der Waals surface area (Å²) in [5.41, 5.74) is 1.36. The molecule has 2 aliphatic heterocycles. The normalized spacial score (nSPS) is 21.1. The third kappa shape index (κ3) is 3.07. The molecule has 1 aromatic carbocycles. The first-order valence-corrected chi connectivity index (χ1v) is 9.31. The van der Waals surface area contributed by atoms with Crippen molar-refractivity contribution in [3.8, 4) is 0 Å². The number of carbonyl (C=O) groups excluding carboxylic acids is 3. The molecule has 26 heavy (non-hydrogen) atoms. The van der Waals surface area contributed by atoms with E-state index in [1.54, 1.807) is 23.1 Å². The van der Waals surface area contributed by atoms with E-state index < -0.39 is 0 Å². The van der Waals surface area contributed by atoms with E-state index in [2.05, 4.69) is 5.32 Å². The zero-order chi connectivity index (χ0) is 18.1. The highest BCUT2D eigenvalue weighted by Crippen LogP contribution is 2.32. The van der Waals surface area contributed by atoms with Gasteiger partial charge in [-0.2, -0.15) is 0 Å². The number of ether oxygens (including phenoxy) is 1. The molecule has 2 fully saturated rings. The van der Waals surface area contributed by atoms with Crippen molar-refractivity contribution in [1.29, 1.82) is 0 Å². The predicted molar refractivity (Wildman–Crippen MR) is 95.2 cm³/mol. The van der Waals surface area contributed by atoms with Crippen LogP contribution in [0.5, 0.6) is 0 Å². The van der Waals surface area contributed by atoms with Crippen LogP contribution in [-0.4, -0.2) is 60.0 Å². The quantitative estimate of drug-likeness (QED) is 0.825. The highest BCUT2D eigenvalue weighted by Gasteiger charge is 2.40. The van der Waals surface area contributed by atoms with E-state index in [0.29, 0.717) is 43.1 Å². The summed E-state index contributed by atoms with van der Waals surface area (Å²) in [7, 11) is 0. The van der Waals surface area contributed by atoms with E-state index in [0.717, 1.165) is 32.1 Å². The summed E-state index contributed by atoms with van der Waals surface area (Å²) in [6.45, 7) is 2.15. The van der Waals surface area contributed by atoms with Crippen LogP contribution in [0.15, 0.2) is 18.2 Å². The first-order chi connectivity index (χ1) is 12.6. The Bertz CT molecular complexity index is 736. The molecule has 1 saturated carbocycles. The molecule has 7 heteroatoms. The number of hydrogen-bond acceptors (Lipinski definition) is 4. The zero-order valence-corrected chi connectivity index (χ0v) is 14.7. The zero-order valence-electron chi connectivity index (χ0n) is 14.7. The van der Waals surface area contributed by atoms with Crippen LogP contribution < -0.4 is 5.32 Å². The molecule has 4 amide bonds. The number of urea groups is 1. The van der Waals surface area contributed by atoms with E-state index in [1.165, 1.54) is 4.90 Å². The monoisotopic (exact) mass is 357 g/mol. The van der Waals surface area contributed by atoms with Crippen LogP contribution in [0.2, 0.25) is 0 Å². The Morgan fingerprint density at radius 3 is 2.42 bits per heavy atom. The van der Waals surface area contributed by atoms with Gasteiger partial charge in [0.2, 0.25) is 0 Å². The maximum atomic E-state index is 12.8. The molecule has 0 atom stereocenters. The van der Waals surface area contributed by atoms with Crippen LogP contribution in [-0.2, 0) is 4.74 Å². The fourth-order valence-electron chi connectivity index (χ4n) is 3.98. The molecular formula is C19H23N3O4. The Morgan fingerprint density at radius 1 is 1.00 bits per heavy atom. The van der Waals surface area contributed by atoms with Crippen molar-refractivity contribution in [3.05, 3.63) is 29.3 Å². The van der Waals surface area contributed by atoms with Crippen molar-refractivity contribution in [2.75, 3.05) is 31.6 Å². The molecule has 2 heterocycles. The topological polar surface area (TPSA) is 79.0 Å². The summed E-state index contributed by atoms with van der Waals surface area (Å²) in [6, 6.07) is 4.74. The number of hydrogen-bond donors (Lipinski definition) is 1. The Labute approximate surface area is 152 Å². The van der Waals surface area contributed by atoms with E-state index in [-0.39, 0.29) is 23.9 Å². The number of benzene rings is 1. The molecule has 0 aromatic heterocycles. The van der Waals surface area contributed by atoms with Gasteiger partial charge in [-0.25, -0.2) is 4.79 Å². The van der Waals surface area contributed by atoms with E-state index >= 15 is 0 Å². The van der Waals surface area contributed by atoms with Gasteiger partial charge in [0.25, 0.3) is 11.8 Å². The summed E-state index contributed by atoms with van der Waals surface area (Å²) in [4.78, 5) is 40.9. The molecule has 1 aliphatic carbocycles. The number of amides is 4. The lowest BCUT2D eigenvalue weighted by Crippen LogP contribution is -2.43. The first kappa shape index (κ1) is 17.0. The predicted octanol–water partition coefficient (Wildman–Crippen LogP) is 2.48. The van der Waals surface area contributed by atoms with Gasteiger partial charge in [0.05, 0.1) is 24.3 Å². The lowest BCUT2D eigenvalue weighted by molar-refractivity contribution is 0.0549.